The third kappa shape index (κ3) is 3.79. The highest BCUT2D eigenvalue weighted by molar-refractivity contribution is 6.31. The van der Waals surface area contributed by atoms with Crippen LogP contribution in [0.15, 0.2) is 53.6 Å². The number of phenols is 2. The summed E-state index contributed by atoms with van der Waals surface area (Å²) in [6.45, 7) is 7.15. The Bertz CT molecular complexity index is 1640. The van der Waals surface area contributed by atoms with Crippen molar-refractivity contribution in [3.8, 4) is 23.0 Å². The number of allylic oxidation sites excluding steroid dienone is 4. The van der Waals surface area contributed by atoms with Gasteiger partial charge in [0.05, 0.1) is 23.8 Å². The SMILES string of the molecule is COc1cccc2c1ccn2CCCN/C(C)=C1\C(=O)C=C2Oc3c(C(C)=O)c(O)c(C)c(O)c3[C@]2(C)C1=O. The summed E-state index contributed by atoms with van der Waals surface area (Å²) in [5, 5.41) is 25.7. The number of carbonyl (C=O) groups excluding carboxylic acids is 3. The first-order valence-corrected chi connectivity index (χ1v) is 12.7. The summed E-state index contributed by atoms with van der Waals surface area (Å²) < 4.78 is 13.4. The minimum atomic E-state index is -1.53. The standard InChI is InChI=1S/C30H30N2O7/c1-15-26(35)24(17(3)33)28-25(27(15)36)30(4)22(39-28)14-20(34)23(29(30)37)16(2)31-11-7-12-32-13-10-18-19(32)8-6-9-21(18)38-5/h6,8-10,13-14,31,35-36H,7,11-12H2,1-5H3/b23-16+/t30-/m1/s1. The summed E-state index contributed by atoms with van der Waals surface area (Å²) in [5.74, 6) is -1.60. The fraction of sp³-hybridized carbons (Fsp3) is 0.300. The Morgan fingerprint density at radius 1 is 1.15 bits per heavy atom. The Morgan fingerprint density at radius 3 is 2.59 bits per heavy atom. The van der Waals surface area contributed by atoms with Crippen molar-refractivity contribution in [1.29, 1.82) is 0 Å². The molecule has 0 spiro atoms. The van der Waals surface area contributed by atoms with Gasteiger partial charge in [-0.15, -0.1) is 0 Å². The minimum Gasteiger partial charge on any atom is -0.507 e. The van der Waals surface area contributed by atoms with Crippen LogP contribution >= 0.6 is 0 Å². The molecule has 9 heteroatoms. The van der Waals surface area contributed by atoms with Gasteiger partial charge < -0.3 is 29.6 Å². The molecule has 0 radical (unpaired) electrons. The fourth-order valence-corrected chi connectivity index (χ4v) is 5.54. The molecule has 1 aliphatic heterocycles. The van der Waals surface area contributed by atoms with Crippen molar-refractivity contribution < 1.29 is 34.1 Å². The zero-order valence-electron chi connectivity index (χ0n) is 22.5. The fourth-order valence-electron chi connectivity index (χ4n) is 5.54. The highest BCUT2D eigenvalue weighted by Gasteiger charge is 2.56. The van der Waals surface area contributed by atoms with Gasteiger partial charge in [-0.3, -0.25) is 14.4 Å². The zero-order valence-corrected chi connectivity index (χ0v) is 22.5. The van der Waals surface area contributed by atoms with Gasteiger partial charge in [0.2, 0.25) is 0 Å². The lowest BCUT2D eigenvalue weighted by Gasteiger charge is -2.29. The molecule has 0 saturated heterocycles. The lowest BCUT2D eigenvalue weighted by molar-refractivity contribution is -0.123. The summed E-state index contributed by atoms with van der Waals surface area (Å²) >= 11 is 0. The third-order valence-electron chi connectivity index (χ3n) is 7.72. The van der Waals surface area contributed by atoms with E-state index in [2.05, 4.69) is 9.88 Å². The van der Waals surface area contributed by atoms with Crippen LogP contribution in [0.2, 0.25) is 0 Å². The maximum Gasteiger partial charge on any atom is 0.194 e. The Morgan fingerprint density at radius 2 is 1.90 bits per heavy atom. The van der Waals surface area contributed by atoms with Crippen LogP contribution in [0.5, 0.6) is 23.0 Å². The molecule has 1 aliphatic carbocycles. The predicted octanol–water partition coefficient (Wildman–Crippen LogP) is 4.21. The number of rotatable bonds is 7. The van der Waals surface area contributed by atoms with Gasteiger partial charge in [-0.2, -0.15) is 0 Å². The quantitative estimate of drug-likeness (QED) is 0.179. The molecule has 9 nitrogen and oxygen atoms in total. The van der Waals surface area contributed by atoms with E-state index in [4.69, 9.17) is 9.47 Å². The van der Waals surface area contributed by atoms with Crippen LogP contribution < -0.4 is 14.8 Å². The first-order valence-electron chi connectivity index (χ1n) is 12.7. The maximum atomic E-state index is 13.9. The number of hydrogen-bond acceptors (Lipinski definition) is 8. The number of ether oxygens (including phenoxy) is 2. The van der Waals surface area contributed by atoms with Crippen LogP contribution in [-0.2, 0) is 21.5 Å². The van der Waals surface area contributed by atoms with Crippen molar-refractivity contribution in [3.05, 3.63) is 70.3 Å². The van der Waals surface area contributed by atoms with Crippen LogP contribution in [0, 0.1) is 6.92 Å². The van der Waals surface area contributed by atoms with Crippen molar-refractivity contribution in [2.45, 2.75) is 46.1 Å². The number of fused-ring (bicyclic) bond motifs is 4. The van der Waals surface area contributed by atoms with Crippen molar-refractivity contribution in [2.24, 2.45) is 0 Å². The average Bonchev–Trinajstić information content (AvgIpc) is 3.44. The van der Waals surface area contributed by atoms with Gasteiger partial charge in [0.25, 0.3) is 0 Å². The monoisotopic (exact) mass is 530 g/mol. The van der Waals surface area contributed by atoms with Crippen LogP contribution in [0.4, 0.5) is 0 Å². The lowest BCUT2D eigenvalue weighted by Crippen LogP contribution is -2.41. The van der Waals surface area contributed by atoms with Crippen LogP contribution in [0.3, 0.4) is 0 Å². The number of carbonyl (C=O) groups is 3. The van der Waals surface area contributed by atoms with Gasteiger partial charge in [0.1, 0.15) is 39.7 Å². The number of Topliss-reactive ketones (excluding diaryl/α,β-unsaturated/α-hetero) is 2. The van der Waals surface area contributed by atoms with Crippen LogP contribution in [0.25, 0.3) is 10.9 Å². The van der Waals surface area contributed by atoms with E-state index in [0.717, 1.165) is 23.1 Å². The second kappa shape index (κ2) is 9.34. The molecule has 202 valence electrons. The molecule has 0 saturated carbocycles. The van der Waals surface area contributed by atoms with Gasteiger partial charge in [-0.25, -0.2) is 0 Å². The Labute approximate surface area is 225 Å². The van der Waals surface area contributed by atoms with Crippen molar-refractivity contribution in [1.82, 2.24) is 9.88 Å². The van der Waals surface area contributed by atoms with E-state index in [1.54, 1.807) is 21.0 Å². The first kappa shape index (κ1) is 26.1. The largest absolute Gasteiger partial charge is 0.507 e. The topological polar surface area (TPSA) is 127 Å². The molecule has 5 rings (SSSR count). The highest BCUT2D eigenvalue weighted by Crippen LogP contribution is 2.57. The molecule has 1 atom stereocenters. The molecule has 2 heterocycles. The zero-order chi connectivity index (χ0) is 28.2. The molecule has 0 unspecified atom stereocenters. The van der Waals surface area contributed by atoms with Crippen molar-refractivity contribution in [3.63, 3.8) is 0 Å². The van der Waals surface area contributed by atoms with Crippen LogP contribution in [-0.4, -0.2) is 45.8 Å². The highest BCUT2D eigenvalue weighted by atomic mass is 16.5. The van der Waals surface area contributed by atoms with E-state index in [1.165, 1.54) is 19.9 Å². The summed E-state index contributed by atoms with van der Waals surface area (Å²) in [5.41, 5.74) is -0.0974. The summed E-state index contributed by atoms with van der Waals surface area (Å²) in [7, 11) is 1.64. The molecule has 0 bridgehead atoms. The Kier molecular flexibility index (Phi) is 6.25. The molecule has 0 fully saturated rings. The Balaban J connectivity index is 1.41. The number of aryl methyl sites for hydroxylation is 1. The third-order valence-corrected chi connectivity index (χ3v) is 7.72. The van der Waals surface area contributed by atoms with Crippen LogP contribution in [0.1, 0.15) is 48.7 Å². The predicted molar refractivity (Wildman–Crippen MR) is 144 cm³/mol. The number of aromatic hydroxyl groups is 2. The number of hydrogen-bond donors (Lipinski definition) is 3. The normalized spacial score (nSPS) is 19.4. The molecule has 2 aliphatic rings. The van der Waals surface area contributed by atoms with E-state index in [9.17, 15) is 24.6 Å². The number of nitrogens with zero attached hydrogens (tertiary/aromatic N) is 1. The second-order valence-corrected chi connectivity index (χ2v) is 10.1. The molecular formula is C30H30N2O7. The van der Waals surface area contributed by atoms with Gasteiger partial charge >= 0.3 is 0 Å². The van der Waals surface area contributed by atoms with E-state index < -0.39 is 28.5 Å². The second-order valence-electron chi connectivity index (χ2n) is 10.1. The Hall–Kier alpha value is -4.53. The van der Waals surface area contributed by atoms with E-state index in [1.807, 2.05) is 30.5 Å². The van der Waals surface area contributed by atoms with Crippen molar-refractivity contribution in [2.75, 3.05) is 13.7 Å². The summed E-state index contributed by atoms with van der Waals surface area (Å²) in [4.78, 5) is 39.3. The molecule has 0 amide bonds. The number of aromatic nitrogens is 1. The number of methoxy groups -OCH3 is 1. The van der Waals surface area contributed by atoms with Gasteiger partial charge in [-0.1, -0.05) is 6.07 Å². The minimum absolute atomic E-state index is 0.0155. The smallest absolute Gasteiger partial charge is 0.194 e. The molecule has 39 heavy (non-hydrogen) atoms. The molecule has 1 aromatic heterocycles. The first-order chi connectivity index (χ1) is 18.5. The number of benzene rings is 2. The van der Waals surface area contributed by atoms with Crippen molar-refractivity contribution >= 4 is 28.3 Å². The number of ketones is 3. The lowest BCUT2D eigenvalue weighted by atomic mass is 9.70. The molecule has 3 N–H and O–H groups in total. The van der Waals surface area contributed by atoms with Gasteiger partial charge in [0.15, 0.2) is 17.3 Å². The molecular weight excluding hydrogens is 500 g/mol. The maximum absolute atomic E-state index is 13.9. The van der Waals surface area contributed by atoms with E-state index in [-0.39, 0.29) is 39.5 Å². The van der Waals surface area contributed by atoms with Gasteiger partial charge in [-0.05, 0) is 52.3 Å². The summed E-state index contributed by atoms with van der Waals surface area (Å²) in [6.07, 6.45) is 3.94. The van der Waals surface area contributed by atoms with E-state index >= 15 is 0 Å². The average molecular weight is 531 g/mol. The number of phenolic OH excluding ortho intramolecular Hbond substituents is 2. The summed E-state index contributed by atoms with van der Waals surface area (Å²) in [6, 6.07) is 7.89. The number of nitrogens with one attached hydrogen (secondary N) is 1. The molecule has 2 aromatic carbocycles. The van der Waals surface area contributed by atoms with Gasteiger partial charge in [0, 0.05) is 42.0 Å². The molecule has 3 aromatic rings. The van der Waals surface area contributed by atoms with E-state index in [0.29, 0.717) is 18.8 Å².